The quantitative estimate of drug-likeness (QED) is 0.596. The molecule has 0 amide bonds. The van der Waals surface area contributed by atoms with Gasteiger partial charge in [0, 0.05) is 24.7 Å². The Morgan fingerprint density at radius 2 is 1.80 bits per heavy atom. The third-order valence-corrected chi connectivity index (χ3v) is 5.14. The van der Waals surface area contributed by atoms with Crippen LogP contribution in [-0.2, 0) is 18.8 Å². The standard InChI is InChI=1S/C17H25BN2O5/c1-16(2)17(3,4)25-18(24-16)12-10-13(20-6-8-23-9-7-20)14(19-11-12)15(21)22-5/h10-11H,6-9H2,1-5H3. The molecule has 2 saturated heterocycles. The van der Waals surface area contributed by atoms with Crippen molar-refractivity contribution in [3.8, 4) is 0 Å². The minimum atomic E-state index is -0.524. The first-order chi connectivity index (χ1) is 11.7. The zero-order valence-electron chi connectivity index (χ0n) is 15.5. The van der Waals surface area contributed by atoms with Crippen LogP contribution in [0.4, 0.5) is 5.69 Å². The van der Waals surface area contributed by atoms with Gasteiger partial charge in [-0.25, -0.2) is 9.78 Å². The minimum Gasteiger partial charge on any atom is -0.464 e. The summed E-state index contributed by atoms with van der Waals surface area (Å²) < 4.78 is 22.5. The van der Waals surface area contributed by atoms with Gasteiger partial charge in [-0.3, -0.25) is 0 Å². The van der Waals surface area contributed by atoms with Crippen LogP contribution in [0.1, 0.15) is 38.2 Å². The van der Waals surface area contributed by atoms with Gasteiger partial charge >= 0.3 is 13.1 Å². The number of pyridine rings is 1. The van der Waals surface area contributed by atoms with Crippen LogP contribution in [0.3, 0.4) is 0 Å². The molecule has 8 heteroatoms. The fourth-order valence-corrected chi connectivity index (χ4v) is 2.88. The van der Waals surface area contributed by atoms with Crippen molar-refractivity contribution in [2.75, 3.05) is 38.3 Å². The number of ether oxygens (including phenoxy) is 2. The lowest BCUT2D eigenvalue weighted by Gasteiger charge is -2.32. The van der Waals surface area contributed by atoms with Gasteiger partial charge in [0.2, 0.25) is 0 Å². The van der Waals surface area contributed by atoms with Crippen molar-refractivity contribution in [1.82, 2.24) is 4.98 Å². The molecule has 2 aliphatic heterocycles. The van der Waals surface area contributed by atoms with Gasteiger partial charge in [-0.15, -0.1) is 0 Å². The highest BCUT2D eigenvalue weighted by Crippen LogP contribution is 2.36. The van der Waals surface area contributed by atoms with Crippen LogP contribution >= 0.6 is 0 Å². The van der Waals surface area contributed by atoms with E-state index in [4.69, 9.17) is 18.8 Å². The second-order valence-corrected chi connectivity index (χ2v) is 7.32. The van der Waals surface area contributed by atoms with Crippen LogP contribution in [0.2, 0.25) is 0 Å². The Hall–Kier alpha value is -1.64. The summed E-state index contributed by atoms with van der Waals surface area (Å²) in [5.41, 5.74) is 0.940. The Labute approximate surface area is 148 Å². The van der Waals surface area contributed by atoms with Crippen LogP contribution in [0.5, 0.6) is 0 Å². The van der Waals surface area contributed by atoms with Gasteiger partial charge in [0.25, 0.3) is 0 Å². The van der Waals surface area contributed by atoms with Crippen LogP contribution in [0.25, 0.3) is 0 Å². The SMILES string of the molecule is COC(=O)c1ncc(B2OC(C)(C)C(C)(C)O2)cc1N1CCOCC1. The van der Waals surface area contributed by atoms with Gasteiger partial charge in [-0.05, 0) is 33.8 Å². The molecule has 3 heterocycles. The highest BCUT2D eigenvalue weighted by atomic mass is 16.7. The number of hydrogen-bond acceptors (Lipinski definition) is 7. The van der Waals surface area contributed by atoms with E-state index in [1.54, 1.807) is 6.20 Å². The fourth-order valence-electron chi connectivity index (χ4n) is 2.88. The molecule has 1 aromatic heterocycles. The number of carbonyl (C=O) groups excluding carboxylic acids is 1. The average molecular weight is 348 g/mol. The van der Waals surface area contributed by atoms with Crippen molar-refractivity contribution < 1.29 is 23.6 Å². The first kappa shape index (κ1) is 18.2. The van der Waals surface area contributed by atoms with E-state index in [0.29, 0.717) is 32.0 Å². The van der Waals surface area contributed by atoms with Crippen molar-refractivity contribution in [2.24, 2.45) is 0 Å². The van der Waals surface area contributed by atoms with Crippen molar-refractivity contribution in [3.63, 3.8) is 0 Å². The monoisotopic (exact) mass is 348 g/mol. The van der Waals surface area contributed by atoms with E-state index in [9.17, 15) is 4.79 Å². The first-order valence-corrected chi connectivity index (χ1v) is 8.52. The summed E-state index contributed by atoms with van der Waals surface area (Å²) in [5, 5.41) is 0. The van der Waals surface area contributed by atoms with E-state index in [0.717, 1.165) is 11.2 Å². The molecule has 136 valence electrons. The van der Waals surface area contributed by atoms with Gasteiger partial charge in [-0.1, -0.05) is 0 Å². The molecule has 25 heavy (non-hydrogen) atoms. The lowest BCUT2D eigenvalue weighted by molar-refractivity contribution is 0.00578. The molecular formula is C17H25BN2O5. The van der Waals surface area contributed by atoms with E-state index < -0.39 is 24.3 Å². The van der Waals surface area contributed by atoms with Gasteiger partial charge < -0.3 is 23.7 Å². The van der Waals surface area contributed by atoms with Crippen LogP contribution in [0, 0.1) is 0 Å². The second kappa shape index (κ2) is 6.59. The maximum Gasteiger partial charge on any atom is 0.496 e. The lowest BCUT2D eigenvalue weighted by Crippen LogP contribution is -2.41. The Morgan fingerprint density at radius 3 is 2.36 bits per heavy atom. The van der Waals surface area contributed by atoms with Crippen molar-refractivity contribution in [2.45, 2.75) is 38.9 Å². The molecule has 1 aromatic rings. The third kappa shape index (κ3) is 3.38. The Morgan fingerprint density at radius 1 is 1.20 bits per heavy atom. The topological polar surface area (TPSA) is 70.1 Å². The van der Waals surface area contributed by atoms with Crippen LogP contribution < -0.4 is 10.4 Å². The molecular weight excluding hydrogens is 323 g/mol. The number of esters is 1. The van der Waals surface area contributed by atoms with Crippen LogP contribution in [-0.4, -0.2) is 62.7 Å². The van der Waals surface area contributed by atoms with Gasteiger partial charge in [0.1, 0.15) is 0 Å². The molecule has 0 radical (unpaired) electrons. The Kier molecular flexibility index (Phi) is 4.79. The van der Waals surface area contributed by atoms with E-state index in [1.165, 1.54) is 7.11 Å². The summed E-state index contributed by atoms with van der Waals surface area (Å²) in [6.45, 7) is 10.6. The maximum atomic E-state index is 12.1. The van der Waals surface area contributed by atoms with E-state index in [1.807, 2.05) is 33.8 Å². The average Bonchev–Trinajstić information content (AvgIpc) is 2.82. The summed E-state index contributed by atoms with van der Waals surface area (Å²) in [6.07, 6.45) is 1.62. The zero-order valence-corrected chi connectivity index (χ0v) is 15.5. The Balaban J connectivity index is 1.95. The fraction of sp³-hybridized carbons (Fsp3) is 0.647. The smallest absolute Gasteiger partial charge is 0.464 e. The van der Waals surface area contributed by atoms with Crippen LogP contribution in [0.15, 0.2) is 12.3 Å². The summed E-state index contributed by atoms with van der Waals surface area (Å²) >= 11 is 0. The summed E-state index contributed by atoms with van der Waals surface area (Å²) in [5.74, 6) is -0.457. The highest BCUT2D eigenvalue weighted by Gasteiger charge is 2.52. The summed E-state index contributed by atoms with van der Waals surface area (Å²) in [4.78, 5) is 18.5. The Bertz CT molecular complexity index is 642. The normalized spacial score (nSPS) is 22.1. The number of nitrogens with zero attached hydrogens (tertiary/aromatic N) is 2. The number of aromatic nitrogens is 1. The molecule has 3 rings (SSSR count). The molecule has 0 aliphatic carbocycles. The third-order valence-electron chi connectivity index (χ3n) is 5.14. The van der Waals surface area contributed by atoms with Crippen molar-refractivity contribution >= 4 is 24.2 Å². The molecule has 7 nitrogen and oxygen atoms in total. The van der Waals surface area contributed by atoms with E-state index >= 15 is 0 Å². The van der Waals surface area contributed by atoms with E-state index in [-0.39, 0.29) is 0 Å². The predicted molar refractivity (Wildman–Crippen MR) is 94.3 cm³/mol. The van der Waals surface area contributed by atoms with Crippen molar-refractivity contribution in [1.29, 1.82) is 0 Å². The molecule has 0 spiro atoms. The molecule has 2 fully saturated rings. The summed E-state index contributed by atoms with van der Waals surface area (Å²) in [7, 11) is 0.832. The molecule has 0 unspecified atom stereocenters. The van der Waals surface area contributed by atoms with Gasteiger partial charge in [-0.2, -0.15) is 0 Å². The number of rotatable bonds is 3. The lowest BCUT2D eigenvalue weighted by atomic mass is 9.80. The van der Waals surface area contributed by atoms with Gasteiger partial charge in [0.15, 0.2) is 5.69 Å². The predicted octanol–water partition coefficient (Wildman–Crippen LogP) is 1.00. The van der Waals surface area contributed by atoms with Crippen molar-refractivity contribution in [3.05, 3.63) is 18.0 Å². The zero-order chi connectivity index (χ0) is 18.2. The number of carbonyl (C=O) groups is 1. The van der Waals surface area contributed by atoms with E-state index in [2.05, 4.69) is 9.88 Å². The highest BCUT2D eigenvalue weighted by molar-refractivity contribution is 6.62. The molecule has 0 bridgehead atoms. The molecule has 0 N–H and O–H groups in total. The molecule has 0 saturated carbocycles. The van der Waals surface area contributed by atoms with Gasteiger partial charge in [0.05, 0.1) is 37.2 Å². The minimum absolute atomic E-state index is 0.296. The number of methoxy groups -OCH3 is 1. The first-order valence-electron chi connectivity index (χ1n) is 8.52. The summed E-state index contributed by atoms with van der Waals surface area (Å²) in [6, 6.07) is 1.91. The molecule has 0 atom stereocenters. The second-order valence-electron chi connectivity index (χ2n) is 7.32. The molecule has 2 aliphatic rings. The molecule has 0 aromatic carbocycles. The number of hydrogen-bond donors (Lipinski definition) is 0. The maximum absolute atomic E-state index is 12.1. The number of morpholine rings is 1. The number of anilines is 1. The largest absolute Gasteiger partial charge is 0.496 e.